The van der Waals surface area contributed by atoms with Crippen molar-refractivity contribution in [3.05, 3.63) is 34.9 Å². The first kappa shape index (κ1) is 16.5. The molecule has 0 spiro atoms. The maximum Gasteiger partial charge on any atom is 0.253 e. The molecule has 0 aliphatic carbocycles. The number of hydrogen-bond donors (Lipinski definition) is 1. The van der Waals surface area contributed by atoms with E-state index in [1.165, 1.54) is 0 Å². The molecule has 1 aromatic carbocycles. The first-order valence-corrected chi connectivity index (χ1v) is 7.80. The van der Waals surface area contributed by atoms with Gasteiger partial charge in [0.2, 0.25) is 5.91 Å². The van der Waals surface area contributed by atoms with E-state index in [4.69, 9.17) is 0 Å². The number of hydrogen-bond acceptors (Lipinski definition) is 3. The third kappa shape index (κ3) is 4.31. The van der Waals surface area contributed by atoms with Crippen LogP contribution in [0.15, 0.2) is 18.2 Å². The summed E-state index contributed by atoms with van der Waals surface area (Å²) in [6.45, 7) is 7.43. The summed E-state index contributed by atoms with van der Waals surface area (Å²) in [6, 6.07) is 5.97. The van der Waals surface area contributed by atoms with Crippen molar-refractivity contribution in [2.75, 3.05) is 39.8 Å². The van der Waals surface area contributed by atoms with Gasteiger partial charge in [-0.2, -0.15) is 0 Å². The van der Waals surface area contributed by atoms with Gasteiger partial charge >= 0.3 is 0 Å². The van der Waals surface area contributed by atoms with Crippen molar-refractivity contribution in [1.29, 1.82) is 0 Å². The highest BCUT2D eigenvalue weighted by molar-refractivity contribution is 5.94. The highest BCUT2D eigenvalue weighted by Gasteiger charge is 2.21. The van der Waals surface area contributed by atoms with E-state index in [0.29, 0.717) is 13.1 Å². The van der Waals surface area contributed by atoms with Crippen LogP contribution in [0.25, 0.3) is 0 Å². The lowest BCUT2D eigenvalue weighted by Gasteiger charge is -2.22. The summed E-state index contributed by atoms with van der Waals surface area (Å²) in [5.74, 6) is 0.114. The van der Waals surface area contributed by atoms with Gasteiger partial charge in [0.05, 0.1) is 6.54 Å². The normalized spacial score (nSPS) is 16.2. The minimum absolute atomic E-state index is 0.0223. The Labute approximate surface area is 132 Å². The number of carbonyl (C=O) groups is 2. The van der Waals surface area contributed by atoms with Crippen LogP contribution in [0.3, 0.4) is 0 Å². The van der Waals surface area contributed by atoms with Crippen molar-refractivity contribution >= 4 is 11.8 Å². The molecule has 0 saturated carbocycles. The summed E-state index contributed by atoms with van der Waals surface area (Å²) in [5, 5.41) is 2.64. The van der Waals surface area contributed by atoms with Gasteiger partial charge in [-0.3, -0.25) is 14.5 Å². The smallest absolute Gasteiger partial charge is 0.253 e. The molecule has 1 aliphatic heterocycles. The van der Waals surface area contributed by atoms with Crippen LogP contribution in [0.4, 0.5) is 0 Å². The van der Waals surface area contributed by atoms with Crippen molar-refractivity contribution in [2.24, 2.45) is 0 Å². The van der Waals surface area contributed by atoms with Gasteiger partial charge < -0.3 is 10.2 Å². The molecule has 0 unspecified atom stereocenters. The quantitative estimate of drug-likeness (QED) is 0.913. The summed E-state index contributed by atoms with van der Waals surface area (Å²) in [5.41, 5.74) is 2.98. The minimum Gasteiger partial charge on any atom is -0.358 e. The molecule has 0 bridgehead atoms. The Kier molecular flexibility index (Phi) is 5.55. The molecule has 0 aromatic heterocycles. The fourth-order valence-corrected chi connectivity index (χ4v) is 2.89. The molecule has 1 aromatic rings. The van der Waals surface area contributed by atoms with E-state index in [1.807, 2.05) is 30.9 Å². The van der Waals surface area contributed by atoms with Crippen molar-refractivity contribution in [3.8, 4) is 0 Å². The van der Waals surface area contributed by atoms with Crippen molar-refractivity contribution in [2.45, 2.75) is 20.3 Å². The second-order valence-electron chi connectivity index (χ2n) is 5.97. The molecule has 2 amide bonds. The highest BCUT2D eigenvalue weighted by Crippen LogP contribution is 2.13. The Hall–Kier alpha value is -1.88. The zero-order chi connectivity index (χ0) is 16.1. The predicted octanol–water partition coefficient (Wildman–Crippen LogP) is 1.20. The molecule has 2 rings (SSSR count). The van der Waals surface area contributed by atoms with E-state index < -0.39 is 0 Å². The molecular weight excluding hydrogens is 278 g/mol. The Morgan fingerprint density at radius 2 is 1.73 bits per heavy atom. The van der Waals surface area contributed by atoms with Gasteiger partial charge in [-0.1, -0.05) is 17.2 Å². The molecule has 5 nitrogen and oxygen atoms in total. The molecule has 1 N–H and O–H groups in total. The second kappa shape index (κ2) is 7.40. The first-order valence-electron chi connectivity index (χ1n) is 7.80. The van der Waals surface area contributed by atoms with Crippen LogP contribution >= 0.6 is 0 Å². The van der Waals surface area contributed by atoms with E-state index >= 15 is 0 Å². The Balaban J connectivity index is 2.01. The van der Waals surface area contributed by atoms with Gasteiger partial charge in [-0.05, 0) is 32.4 Å². The average Bonchev–Trinajstić information content (AvgIpc) is 2.71. The SMILES string of the molecule is CNC(=O)CN1CCCN(C(=O)c2cc(C)cc(C)c2)CC1. The number of carbonyl (C=O) groups excluding carboxylic acids is 2. The Morgan fingerprint density at radius 3 is 2.36 bits per heavy atom. The summed E-state index contributed by atoms with van der Waals surface area (Å²) in [7, 11) is 1.65. The van der Waals surface area contributed by atoms with E-state index in [2.05, 4.69) is 16.3 Å². The largest absolute Gasteiger partial charge is 0.358 e. The average molecular weight is 303 g/mol. The molecule has 1 fully saturated rings. The highest BCUT2D eigenvalue weighted by atomic mass is 16.2. The molecule has 1 aliphatic rings. The Bertz CT molecular complexity index is 537. The molecule has 0 radical (unpaired) electrons. The van der Waals surface area contributed by atoms with Crippen molar-refractivity contribution in [3.63, 3.8) is 0 Å². The fraction of sp³-hybridized carbons (Fsp3) is 0.529. The van der Waals surface area contributed by atoms with E-state index in [0.717, 1.165) is 42.7 Å². The number of likely N-dealkylation sites (N-methyl/N-ethyl adjacent to an activating group) is 1. The van der Waals surface area contributed by atoms with Gasteiger partial charge in [-0.15, -0.1) is 0 Å². The number of rotatable bonds is 3. The third-order valence-corrected chi connectivity index (χ3v) is 3.99. The van der Waals surface area contributed by atoms with Crippen molar-refractivity contribution < 1.29 is 9.59 Å². The topological polar surface area (TPSA) is 52.7 Å². The number of nitrogens with one attached hydrogen (secondary N) is 1. The maximum atomic E-state index is 12.7. The van der Waals surface area contributed by atoms with Gasteiger partial charge in [0.25, 0.3) is 5.91 Å². The number of benzene rings is 1. The zero-order valence-electron chi connectivity index (χ0n) is 13.7. The number of nitrogens with zero attached hydrogens (tertiary/aromatic N) is 2. The van der Waals surface area contributed by atoms with Crippen LogP contribution < -0.4 is 5.32 Å². The van der Waals surface area contributed by atoms with Crippen LogP contribution in [-0.2, 0) is 4.79 Å². The van der Waals surface area contributed by atoms with Crippen molar-refractivity contribution in [1.82, 2.24) is 15.1 Å². The van der Waals surface area contributed by atoms with Gasteiger partial charge in [0.1, 0.15) is 0 Å². The molecule has 0 atom stereocenters. The van der Waals surface area contributed by atoms with Crippen LogP contribution in [0.5, 0.6) is 0 Å². The first-order chi connectivity index (χ1) is 10.5. The molecular formula is C17H25N3O2. The predicted molar refractivity (Wildman–Crippen MR) is 86.9 cm³/mol. The monoisotopic (exact) mass is 303 g/mol. The summed E-state index contributed by atoms with van der Waals surface area (Å²) in [6.07, 6.45) is 0.896. The summed E-state index contributed by atoms with van der Waals surface area (Å²) < 4.78 is 0. The molecule has 120 valence electrons. The lowest BCUT2D eigenvalue weighted by atomic mass is 10.1. The lowest BCUT2D eigenvalue weighted by Crippen LogP contribution is -2.39. The van der Waals surface area contributed by atoms with E-state index in [-0.39, 0.29) is 11.8 Å². The standard InChI is InChI=1S/C17H25N3O2/c1-13-9-14(2)11-15(10-13)17(22)20-6-4-5-19(7-8-20)12-16(21)18-3/h9-11H,4-8,12H2,1-3H3,(H,18,21). The fourth-order valence-electron chi connectivity index (χ4n) is 2.89. The van der Waals surface area contributed by atoms with Gasteiger partial charge in [0.15, 0.2) is 0 Å². The summed E-state index contributed by atoms with van der Waals surface area (Å²) >= 11 is 0. The zero-order valence-corrected chi connectivity index (χ0v) is 13.7. The van der Waals surface area contributed by atoms with Gasteiger partial charge in [-0.25, -0.2) is 0 Å². The van der Waals surface area contributed by atoms with Crippen LogP contribution in [0.2, 0.25) is 0 Å². The van der Waals surface area contributed by atoms with E-state index in [1.54, 1.807) is 7.05 Å². The number of aryl methyl sites for hydroxylation is 2. The minimum atomic E-state index is 0.0223. The van der Waals surface area contributed by atoms with Crippen LogP contribution in [-0.4, -0.2) is 61.4 Å². The summed E-state index contributed by atoms with van der Waals surface area (Å²) in [4.78, 5) is 28.1. The Morgan fingerprint density at radius 1 is 1.05 bits per heavy atom. The van der Waals surface area contributed by atoms with Gasteiger partial charge in [0, 0.05) is 38.8 Å². The lowest BCUT2D eigenvalue weighted by molar-refractivity contribution is -0.121. The third-order valence-electron chi connectivity index (χ3n) is 3.99. The maximum absolute atomic E-state index is 12.7. The second-order valence-corrected chi connectivity index (χ2v) is 5.97. The molecule has 22 heavy (non-hydrogen) atoms. The number of amides is 2. The molecule has 5 heteroatoms. The molecule has 1 saturated heterocycles. The molecule has 1 heterocycles. The van der Waals surface area contributed by atoms with Crippen LogP contribution in [0.1, 0.15) is 27.9 Å². The van der Waals surface area contributed by atoms with Crippen LogP contribution in [0, 0.1) is 13.8 Å². The van der Waals surface area contributed by atoms with E-state index in [9.17, 15) is 9.59 Å².